The Hall–Kier alpha value is -1.66. The first kappa shape index (κ1) is 17.7. The molecule has 0 aliphatic carbocycles. The first-order valence-electron chi connectivity index (χ1n) is 7.68. The summed E-state index contributed by atoms with van der Waals surface area (Å²) in [5, 5.41) is 4.60. The third-order valence-electron chi connectivity index (χ3n) is 3.70. The van der Waals surface area contributed by atoms with E-state index in [1.807, 2.05) is 47.3 Å². The Morgan fingerprint density at radius 3 is 2.35 bits per heavy atom. The van der Waals surface area contributed by atoms with Gasteiger partial charge in [-0.3, -0.25) is 4.90 Å². The van der Waals surface area contributed by atoms with Crippen LogP contribution in [0.5, 0.6) is 0 Å². The zero-order valence-electron chi connectivity index (χ0n) is 14.2. The van der Waals surface area contributed by atoms with Gasteiger partial charge in [0.1, 0.15) is 9.84 Å². The largest absolute Gasteiger partial charge is 0.292 e. The third-order valence-corrected chi connectivity index (χ3v) is 4.62. The highest BCUT2D eigenvalue weighted by Crippen LogP contribution is 2.17. The van der Waals surface area contributed by atoms with Crippen molar-refractivity contribution in [3.8, 4) is 5.69 Å². The molecule has 0 amide bonds. The van der Waals surface area contributed by atoms with Crippen LogP contribution in [0.3, 0.4) is 0 Å². The van der Waals surface area contributed by atoms with Gasteiger partial charge >= 0.3 is 0 Å². The van der Waals surface area contributed by atoms with E-state index in [0.717, 1.165) is 11.4 Å². The second kappa shape index (κ2) is 6.84. The van der Waals surface area contributed by atoms with E-state index in [0.29, 0.717) is 13.1 Å². The molecule has 0 aliphatic heterocycles. The van der Waals surface area contributed by atoms with E-state index in [9.17, 15) is 8.42 Å². The number of para-hydroxylation sites is 1. The molecule has 2 rings (SSSR count). The minimum absolute atomic E-state index is 0.124. The van der Waals surface area contributed by atoms with Crippen molar-refractivity contribution in [1.82, 2.24) is 14.7 Å². The molecule has 0 spiro atoms. The van der Waals surface area contributed by atoms with Crippen LogP contribution in [0, 0.1) is 0 Å². The first-order chi connectivity index (χ1) is 10.6. The summed E-state index contributed by atoms with van der Waals surface area (Å²) < 4.78 is 24.8. The molecule has 0 aliphatic rings. The smallest absolute Gasteiger partial charge is 0.148 e. The van der Waals surface area contributed by atoms with Crippen molar-refractivity contribution < 1.29 is 8.42 Å². The van der Waals surface area contributed by atoms with Gasteiger partial charge in [0, 0.05) is 31.1 Å². The molecule has 0 saturated heterocycles. The van der Waals surface area contributed by atoms with Crippen LogP contribution in [0.4, 0.5) is 0 Å². The van der Waals surface area contributed by atoms with Gasteiger partial charge < -0.3 is 0 Å². The van der Waals surface area contributed by atoms with E-state index in [-0.39, 0.29) is 11.3 Å². The number of nitrogens with zero attached hydrogens (tertiary/aromatic N) is 3. The number of hydrogen-bond donors (Lipinski definition) is 0. The molecule has 0 N–H and O–H groups in total. The fraction of sp³-hybridized carbons (Fsp3) is 0.471. The summed E-state index contributed by atoms with van der Waals surface area (Å²) in [4.78, 5) is 2.14. The summed E-state index contributed by atoms with van der Waals surface area (Å²) in [6.07, 6.45) is 3.21. The third kappa shape index (κ3) is 5.48. The van der Waals surface area contributed by atoms with Gasteiger partial charge in [0.2, 0.25) is 0 Å². The van der Waals surface area contributed by atoms with E-state index in [1.165, 1.54) is 6.26 Å². The van der Waals surface area contributed by atoms with Crippen molar-refractivity contribution >= 4 is 9.84 Å². The number of rotatable bonds is 6. The van der Waals surface area contributed by atoms with E-state index >= 15 is 0 Å². The predicted octanol–water partition coefficient (Wildman–Crippen LogP) is 2.52. The van der Waals surface area contributed by atoms with Gasteiger partial charge in [-0.15, -0.1) is 0 Å². The van der Waals surface area contributed by atoms with Crippen molar-refractivity contribution in [2.75, 3.05) is 18.6 Å². The summed E-state index contributed by atoms with van der Waals surface area (Å²) in [5.41, 5.74) is 1.82. The highest BCUT2D eigenvalue weighted by Gasteiger charge is 2.23. The quantitative estimate of drug-likeness (QED) is 0.814. The molecule has 0 bridgehead atoms. The predicted molar refractivity (Wildman–Crippen MR) is 93.4 cm³/mol. The summed E-state index contributed by atoms with van der Waals surface area (Å²) in [6, 6.07) is 11.9. The van der Waals surface area contributed by atoms with Crippen molar-refractivity contribution in [2.45, 2.75) is 32.9 Å². The summed E-state index contributed by atoms with van der Waals surface area (Å²) in [6.45, 7) is 7.38. The molecule has 0 saturated carbocycles. The lowest BCUT2D eigenvalue weighted by atomic mass is 10.1. The molecule has 1 aromatic heterocycles. The molecule has 0 unspecified atom stereocenters. The minimum Gasteiger partial charge on any atom is -0.292 e. The van der Waals surface area contributed by atoms with Crippen LogP contribution in [-0.4, -0.2) is 47.2 Å². The maximum atomic E-state index is 11.5. The fourth-order valence-corrected chi connectivity index (χ4v) is 2.85. The number of aromatic nitrogens is 2. The Morgan fingerprint density at radius 2 is 1.78 bits per heavy atom. The fourth-order valence-electron chi connectivity index (χ4n) is 2.29. The average Bonchev–Trinajstić information content (AvgIpc) is 2.91. The molecule has 1 aromatic carbocycles. The molecule has 0 radical (unpaired) electrons. The van der Waals surface area contributed by atoms with Crippen LogP contribution in [0.15, 0.2) is 42.6 Å². The molecule has 1 heterocycles. The molecular weight excluding hydrogens is 310 g/mol. The van der Waals surface area contributed by atoms with E-state index in [1.54, 1.807) is 0 Å². The Labute approximate surface area is 138 Å². The lowest BCUT2D eigenvalue weighted by molar-refractivity contribution is 0.135. The zero-order chi connectivity index (χ0) is 17.1. The minimum atomic E-state index is -2.98. The molecule has 6 heteroatoms. The molecule has 0 fully saturated rings. The first-order valence-corrected chi connectivity index (χ1v) is 9.74. The van der Waals surface area contributed by atoms with Crippen LogP contribution in [0.1, 0.15) is 26.5 Å². The van der Waals surface area contributed by atoms with Crippen LogP contribution in [0.25, 0.3) is 5.69 Å². The van der Waals surface area contributed by atoms with E-state index < -0.39 is 9.84 Å². The van der Waals surface area contributed by atoms with Gasteiger partial charge in [0.05, 0.1) is 17.1 Å². The summed E-state index contributed by atoms with van der Waals surface area (Å²) in [5.74, 6) is 0.156. The van der Waals surface area contributed by atoms with Crippen molar-refractivity contribution in [3.05, 3.63) is 48.3 Å². The number of sulfone groups is 1. The van der Waals surface area contributed by atoms with Crippen LogP contribution in [0.2, 0.25) is 0 Å². The number of benzene rings is 1. The molecule has 23 heavy (non-hydrogen) atoms. The Morgan fingerprint density at radius 1 is 1.13 bits per heavy atom. The molecule has 0 atom stereocenters. The van der Waals surface area contributed by atoms with Crippen LogP contribution >= 0.6 is 0 Å². The molecule has 2 aromatic rings. The SMILES string of the molecule is CC(C)(C)N(CCS(C)(=O)=O)Cc1ccn(-c2ccccc2)n1. The lowest BCUT2D eigenvalue weighted by Gasteiger charge is -2.34. The molecular formula is C17H25N3O2S. The van der Waals surface area contributed by atoms with Crippen LogP contribution in [-0.2, 0) is 16.4 Å². The average molecular weight is 335 g/mol. The van der Waals surface area contributed by atoms with Crippen molar-refractivity contribution in [2.24, 2.45) is 0 Å². The second-order valence-corrected chi connectivity index (χ2v) is 9.07. The zero-order valence-corrected chi connectivity index (χ0v) is 15.0. The van der Waals surface area contributed by atoms with E-state index in [2.05, 4.69) is 30.8 Å². The maximum Gasteiger partial charge on any atom is 0.148 e. The molecule has 126 valence electrons. The van der Waals surface area contributed by atoms with Gasteiger partial charge in [-0.2, -0.15) is 5.10 Å². The normalized spacial score (nSPS) is 12.7. The molecule has 5 nitrogen and oxygen atoms in total. The monoisotopic (exact) mass is 335 g/mol. The maximum absolute atomic E-state index is 11.5. The Balaban J connectivity index is 2.12. The van der Waals surface area contributed by atoms with Gasteiger partial charge in [0.25, 0.3) is 0 Å². The van der Waals surface area contributed by atoms with Crippen molar-refractivity contribution in [3.63, 3.8) is 0 Å². The lowest BCUT2D eigenvalue weighted by Crippen LogP contribution is -2.43. The standard InChI is InChI=1S/C17H25N3O2S/c1-17(2,3)19(12-13-23(4,21)22)14-15-10-11-20(18-15)16-8-6-5-7-9-16/h5-11H,12-14H2,1-4H3. The van der Waals surface area contributed by atoms with Gasteiger partial charge in [-0.25, -0.2) is 13.1 Å². The van der Waals surface area contributed by atoms with Crippen LogP contribution < -0.4 is 0 Å². The van der Waals surface area contributed by atoms with Gasteiger partial charge in [-0.1, -0.05) is 18.2 Å². The summed E-state index contributed by atoms with van der Waals surface area (Å²) >= 11 is 0. The Bertz CT molecular complexity index is 731. The Kier molecular flexibility index (Phi) is 5.26. The van der Waals surface area contributed by atoms with Gasteiger partial charge in [0.15, 0.2) is 0 Å². The summed E-state index contributed by atoms with van der Waals surface area (Å²) in [7, 11) is -2.98. The number of hydrogen-bond acceptors (Lipinski definition) is 4. The topological polar surface area (TPSA) is 55.2 Å². The highest BCUT2D eigenvalue weighted by molar-refractivity contribution is 7.90. The highest BCUT2D eigenvalue weighted by atomic mass is 32.2. The van der Waals surface area contributed by atoms with Crippen molar-refractivity contribution in [1.29, 1.82) is 0 Å². The van der Waals surface area contributed by atoms with E-state index in [4.69, 9.17) is 0 Å². The second-order valence-electron chi connectivity index (χ2n) is 6.81. The van der Waals surface area contributed by atoms with Gasteiger partial charge in [-0.05, 0) is 39.0 Å².